The van der Waals surface area contributed by atoms with Crippen LogP contribution in [-0.4, -0.2) is 42.4 Å². The maximum absolute atomic E-state index is 13.2. The van der Waals surface area contributed by atoms with Gasteiger partial charge in [0.1, 0.15) is 0 Å². The average molecular weight is 302 g/mol. The van der Waals surface area contributed by atoms with Crippen LogP contribution >= 0.6 is 0 Å². The molecule has 3 nitrogen and oxygen atoms in total. The number of carbonyl (C=O) groups is 1. The minimum absolute atomic E-state index is 0.0970. The Morgan fingerprint density at radius 2 is 1.95 bits per heavy atom. The molecule has 0 aromatic rings. The molecular weight excluding hydrogens is 274 g/mol. The number of amides is 1. The molecule has 2 aliphatic rings. The summed E-state index contributed by atoms with van der Waals surface area (Å²) in [7, 11) is 0. The van der Waals surface area contributed by atoms with Crippen LogP contribution in [0.1, 0.15) is 58.3 Å². The number of halogens is 2. The van der Waals surface area contributed by atoms with Gasteiger partial charge in [-0.1, -0.05) is 13.3 Å². The van der Waals surface area contributed by atoms with E-state index < -0.39 is 5.92 Å². The van der Waals surface area contributed by atoms with Gasteiger partial charge in [-0.25, -0.2) is 8.78 Å². The van der Waals surface area contributed by atoms with Crippen LogP contribution in [0.25, 0.3) is 0 Å². The Morgan fingerprint density at radius 3 is 2.52 bits per heavy atom. The van der Waals surface area contributed by atoms with Crippen LogP contribution in [0.4, 0.5) is 8.78 Å². The quantitative estimate of drug-likeness (QED) is 0.846. The fourth-order valence-corrected chi connectivity index (χ4v) is 3.45. The van der Waals surface area contributed by atoms with Gasteiger partial charge in [0.05, 0.1) is 0 Å². The maximum atomic E-state index is 13.2. The predicted octanol–water partition coefficient (Wildman–Crippen LogP) is 3.19. The average Bonchev–Trinajstić information content (AvgIpc) is 2.47. The molecule has 1 aliphatic carbocycles. The summed E-state index contributed by atoms with van der Waals surface area (Å²) in [6.07, 6.45) is 4.85. The lowest BCUT2D eigenvalue weighted by atomic mass is 9.85. The van der Waals surface area contributed by atoms with Crippen molar-refractivity contribution < 1.29 is 13.6 Å². The Labute approximate surface area is 126 Å². The number of carbonyl (C=O) groups excluding carboxylic acids is 1. The Kier molecular flexibility index (Phi) is 5.97. The van der Waals surface area contributed by atoms with Crippen molar-refractivity contribution in [3.8, 4) is 0 Å². The molecule has 1 aliphatic heterocycles. The van der Waals surface area contributed by atoms with E-state index in [1.807, 2.05) is 4.90 Å². The summed E-state index contributed by atoms with van der Waals surface area (Å²) in [6, 6.07) is 0.374. The van der Waals surface area contributed by atoms with Crippen LogP contribution in [0, 0.1) is 5.92 Å². The zero-order chi connectivity index (χ0) is 15.3. The molecule has 0 radical (unpaired) electrons. The second-order valence-electron chi connectivity index (χ2n) is 6.56. The summed E-state index contributed by atoms with van der Waals surface area (Å²) >= 11 is 0. The Bertz CT molecular complexity index is 333. The summed E-state index contributed by atoms with van der Waals surface area (Å²) < 4.78 is 26.5. The zero-order valence-corrected chi connectivity index (χ0v) is 13.0. The third-order valence-electron chi connectivity index (χ3n) is 4.72. The van der Waals surface area contributed by atoms with Gasteiger partial charge in [-0.3, -0.25) is 4.79 Å². The molecule has 0 bridgehead atoms. The van der Waals surface area contributed by atoms with E-state index in [4.69, 9.17) is 0 Å². The molecule has 1 atom stereocenters. The number of nitrogens with zero attached hydrogens (tertiary/aromatic N) is 1. The van der Waals surface area contributed by atoms with E-state index in [1.165, 1.54) is 12.8 Å². The number of piperidine rings is 1. The van der Waals surface area contributed by atoms with Gasteiger partial charge in [-0.2, -0.15) is 0 Å². The van der Waals surface area contributed by atoms with Crippen molar-refractivity contribution in [3.63, 3.8) is 0 Å². The molecule has 1 N–H and O–H groups in total. The van der Waals surface area contributed by atoms with Crippen LogP contribution in [0.5, 0.6) is 0 Å². The SMILES string of the molecule is CCCN(CC1CCCCN1)C(=O)C1CCC(F)(F)CC1. The molecule has 1 unspecified atom stereocenters. The summed E-state index contributed by atoms with van der Waals surface area (Å²) in [5.41, 5.74) is 0. The minimum Gasteiger partial charge on any atom is -0.341 e. The molecular formula is C16H28F2N2O. The molecule has 0 spiro atoms. The van der Waals surface area contributed by atoms with Crippen LogP contribution in [0.2, 0.25) is 0 Å². The monoisotopic (exact) mass is 302 g/mol. The highest BCUT2D eigenvalue weighted by atomic mass is 19.3. The van der Waals surface area contributed by atoms with Gasteiger partial charge in [0.15, 0.2) is 0 Å². The maximum Gasteiger partial charge on any atom is 0.248 e. The van der Waals surface area contributed by atoms with Crippen molar-refractivity contribution in [2.75, 3.05) is 19.6 Å². The molecule has 0 aromatic heterocycles. The predicted molar refractivity (Wildman–Crippen MR) is 79.4 cm³/mol. The number of alkyl halides is 2. The molecule has 122 valence electrons. The lowest BCUT2D eigenvalue weighted by Crippen LogP contribution is -2.48. The van der Waals surface area contributed by atoms with Crippen molar-refractivity contribution in [1.29, 1.82) is 0 Å². The fourth-order valence-electron chi connectivity index (χ4n) is 3.45. The van der Waals surface area contributed by atoms with Crippen molar-refractivity contribution in [2.24, 2.45) is 5.92 Å². The summed E-state index contributed by atoms with van der Waals surface area (Å²) in [4.78, 5) is 14.5. The Balaban J connectivity index is 1.89. The molecule has 1 saturated heterocycles. The van der Waals surface area contributed by atoms with Gasteiger partial charge in [-0.15, -0.1) is 0 Å². The number of hydrogen-bond donors (Lipinski definition) is 1. The first-order chi connectivity index (χ1) is 10.0. The van der Waals surface area contributed by atoms with Gasteiger partial charge in [0.2, 0.25) is 11.8 Å². The van der Waals surface area contributed by atoms with E-state index in [9.17, 15) is 13.6 Å². The number of nitrogens with one attached hydrogen (secondary N) is 1. The van der Waals surface area contributed by atoms with Crippen molar-refractivity contribution in [3.05, 3.63) is 0 Å². The zero-order valence-electron chi connectivity index (χ0n) is 13.0. The number of rotatable bonds is 5. The minimum atomic E-state index is -2.56. The topological polar surface area (TPSA) is 32.3 Å². The second kappa shape index (κ2) is 7.52. The summed E-state index contributed by atoms with van der Waals surface area (Å²) in [5, 5.41) is 3.46. The van der Waals surface area contributed by atoms with E-state index in [1.54, 1.807) is 0 Å². The molecule has 5 heteroatoms. The van der Waals surface area contributed by atoms with Gasteiger partial charge in [0, 0.05) is 37.9 Å². The first-order valence-electron chi connectivity index (χ1n) is 8.42. The lowest BCUT2D eigenvalue weighted by Gasteiger charge is -2.35. The first kappa shape index (κ1) is 16.7. The molecule has 0 aromatic carbocycles. The first-order valence-corrected chi connectivity index (χ1v) is 8.42. The molecule has 2 rings (SSSR count). The molecule has 1 heterocycles. The molecule has 1 saturated carbocycles. The largest absolute Gasteiger partial charge is 0.341 e. The van der Waals surface area contributed by atoms with Crippen LogP contribution in [-0.2, 0) is 4.79 Å². The van der Waals surface area contributed by atoms with Crippen molar-refractivity contribution in [2.45, 2.75) is 70.3 Å². The highest BCUT2D eigenvalue weighted by molar-refractivity contribution is 5.79. The van der Waals surface area contributed by atoms with Gasteiger partial charge >= 0.3 is 0 Å². The summed E-state index contributed by atoms with van der Waals surface area (Å²) in [5.74, 6) is -2.66. The Hall–Kier alpha value is -0.710. The lowest BCUT2D eigenvalue weighted by molar-refractivity contribution is -0.140. The van der Waals surface area contributed by atoms with E-state index in [0.29, 0.717) is 18.9 Å². The van der Waals surface area contributed by atoms with Gasteiger partial charge in [0.25, 0.3) is 0 Å². The Morgan fingerprint density at radius 1 is 1.24 bits per heavy atom. The van der Waals surface area contributed by atoms with Gasteiger partial charge < -0.3 is 10.2 Å². The van der Waals surface area contributed by atoms with E-state index >= 15 is 0 Å². The molecule has 1 amide bonds. The van der Waals surface area contributed by atoms with Crippen molar-refractivity contribution >= 4 is 5.91 Å². The second-order valence-corrected chi connectivity index (χ2v) is 6.56. The van der Waals surface area contributed by atoms with Crippen LogP contribution in [0.15, 0.2) is 0 Å². The highest BCUT2D eigenvalue weighted by Crippen LogP contribution is 2.36. The third-order valence-corrected chi connectivity index (χ3v) is 4.72. The van der Waals surface area contributed by atoms with Gasteiger partial charge in [-0.05, 0) is 38.6 Å². The van der Waals surface area contributed by atoms with Crippen molar-refractivity contribution in [1.82, 2.24) is 10.2 Å². The van der Waals surface area contributed by atoms with E-state index in [-0.39, 0.29) is 24.7 Å². The molecule has 21 heavy (non-hydrogen) atoms. The standard InChI is InChI=1S/C16H28F2N2O/c1-2-11-20(12-14-5-3-4-10-19-14)15(21)13-6-8-16(17,18)9-7-13/h13-14,19H,2-12H2,1H3. The smallest absolute Gasteiger partial charge is 0.248 e. The summed E-state index contributed by atoms with van der Waals surface area (Å²) in [6.45, 7) is 4.56. The highest BCUT2D eigenvalue weighted by Gasteiger charge is 2.38. The fraction of sp³-hybridized carbons (Fsp3) is 0.938. The van der Waals surface area contributed by atoms with Crippen LogP contribution in [0.3, 0.4) is 0 Å². The number of hydrogen-bond acceptors (Lipinski definition) is 2. The van der Waals surface area contributed by atoms with E-state index in [0.717, 1.165) is 32.5 Å². The van der Waals surface area contributed by atoms with E-state index in [2.05, 4.69) is 12.2 Å². The third kappa shape index (κ3) is 4.90. The molecule has 2 fully saturated rings. The van der Waals surface area contributed by atoms with Crippen LogP contribution < -0.4 is 5.32 Å². The normalized spacial score (nSPS) is 26.5.